The van der Waals surface area contributed by atoms with Crippen LogP contribution in [-0.4, -0.2) is 11.0 Å². The van der Waals surface area contributed by atoms with E-state index in [2.05, 4.69) is 19.2 Å². The Bertz CT molecular complexity index is 410. The van der Waals surface area contributed by atoms with Gasteiger partial charge >= 0.3 is 0 Å². The van der Waals surface area contributed by atoms with Gasteiger partial charge in [0.15, 0.2) is 0 Å². The molecule has 0 bridgehead atoms. The summed E-state index contributed by atoms with van der Waals surface area (Å²) < 4.78 is 0. The zero-order chi connectivity index (χ0) is 13.5. The molecule has 4 nitrogen and oxygen atoms in total. The number of rotatable bonds is 7. The Labute approximate surface area is 112 Å². The van der Waals surface area contributed by atoms with Crippen molar-refractivity contribution in [3.8, 4) is 0 Å². The van der Waals surface area contributed by atoms with Gasteiger partial charge in [0.2, 0.25) is 0 Å². The number of halogens is 1. The molecule has 0 aromatic heterocycles. The summed E-state index contributed by atoms with van der Waals surface area (Å²) in [6.45, 7) is 4.71. The van der Waals surface area contributed by atoms with Crippen LogP contribution in [0.3, 0.4) is 0 Å². The summed E-state index contributed by atoms with van der Waals surface area (Å²) >= 11 is 5.87. The van der Waals surface area contributed by atoms with Crippen LogP contribution in [0, 0.1) is 10.1 Å². The van der Waals surface area contributed by atoms with Gasteiger partial charge in [0, 0.05) is 29.2 Å². The lowest BCUT2D eigenvalue weighted by molar-refractivity contribution is -0.385. The highest BCUT2D eigenvalue weighted by Gasteiger charge is 2.14. The van der Waals surface area contributed by atoms with E-state index >= 15 is 0 Å². The molecule has 18 heavy (non-hydrogen) atoms. The van der Waals surface area contributed by atoms with Crippen LogP contribution >= 0.6 is 11.6 Å². The van der Waals surface area contributed by atoms with Gasteiger partial charge in [-0.05, 0) is 25.5 Å². The molecule has 0 amide bonds. The molecule has 0 radical (unpaired) electrons. The van der Waals surface area contributed by atoms with Gasteiger partial charge in [-0.2, -0.15) is 0 Å². The van der Waals surface area contributed by atoms with Crippen LogP contribution in [-0.2, 0) is 6.54 Å². The topological polar surface area (TPSA) is 55.2 Å². The summed E-state index contributed by atoms with van der Waals surface area (Å²) in [5, 5.41) is 14.7. The first kappa shape index (κ1) is 14.9. The fraction of sp³-hybridized carbons (Fsp3) is 0.538. The zero-order valence-corrected chi connectivity index (χ0v) is 11.5. The number of nitro benzene ring substituents is 1. The van der Waals surface area contributed by atoms with E-state index in [0.717, 1.165) is 19.3 Å². The van der Waals surface area contributed by atoms with Crippen LogP contribution in [0.15, 0.2) is 18.2 Å². The monoisotopic (exact) mass is 270 g/mol. The van der Waals surface area contributed by atoms with Crippen LogP contribution in [0.2, 0.25) is 5.02 Å². The van der Waals surface area contributed by atoms with E-state index in [0.29, 0.717) is 23.2 Å². The fourth-order valence-corrected chi connectivity index (χ4v) is 1.97. The Morgan fingerprint density at radius 3 is 2.83 bits per heavy atom. The lowest BCUT2D eigenvalue weighted by Crippen LogP contribution is -2.25. The lowest BCUT2D eigenvalue weighted by atomic mass is 10.1. The van der Waals surface area contributed by atoms with E-state index in [9.17, 15) is 10.1 Å². The molecule has 0 fully saturated rings. The summed E-state index contributed by atoms with van der Waals surface area (Å²) in [6, 6.07) is 5.00. The zero-order valence-electron chi connectivity index (χ0n) is 10.8. The third-order valence-electron chi connectivity index (χ3n) is 2.87. The molecule has 0 aliphatic heterocycles. The van der Waals surface area contributed by atoms with Crippen molar-refractivity contribution in [1.82, 2.24) is 5.32 Å². The molecule has 0 heterocycles. The number of nitrogens with zero attached hydrogens (tertiary/aromatic N) is 1. The Kier molecular flexibility index (Phi) is 6.09. The van der Waals surface area contributed by atoms with Gasteiger partial charge in [0.05, 0.1) is 4.92 Å². The van der Waals surface area contributed by atoms with Gasteiger partial charge in [-0.1, -0.05) is 31.4 Å². The third-order valence-corrected chi connectivity index (χ3v) is 3.11. The quantitative estimate of drug-likeness (QED) is 0.603. The molecular formula is C13H19ClN2O2. The molecule has 100 valence electrons. The average Bonchev–Trinajstić information content (AvgIpc) is 2.33. The summed E-state index contributed by atoms with van der Waals surface area (Å²) in [4.78, 5) is 10.5. The van der Waals surface area contributed by atoms with Crippen molar-refractivity contribution >= 4 is 17.3 Å². The van der Waals surface area contributed by atoms with E-state index in [1.165, 1.54) is 6.07 Å². The smallest absolute Gasteiger partial charge is 0.273 e. The number of unbranched alkanes of at least 4 members (excludes halogenated alkanes) is 1. The predicted molar refractivity (Wildman–Crippen MR) is 73.9 cm³/mol. The van der Waals surface area contributed by atoms with Crippen molar-refractivity contribution in [2.45, 2.75) is 45.7 Å². The molecule has 0 aliphatic rings. The number of benzene rings is 1. The highest BCUT2D eigenvalue weighted by atomic mass is 35.5. The van der Waals surface area contributed by atoms with Gasteiger partial charge in [-0.15, -0.1) is 0 Å². The number of hydrogen-bond acceptors (Lipinski definition) is 3. The van der Waals surface area contributed by atoms with Gasteiger partial charge in [0.1, 0.15) is 0 Å². The van der Waals surface area contributed by atoms with Crippen molar-refractivity contribution in [3.05, 3.63) is 38.9 Å². The summed E-state index contributed by atoms with van der Waals surface area (Å²) in [7, 11) is 0. The van der Waals surface area contributed by atoms with E-state index in [4.69, 9.17) is 11.6 Å². The Hall–Kier alpha value is -1.13. The highest BCUT2D eigenvalue weighted by molar-refractivity contribution is 6.30. The first-order valence-corrected chi connectivity index (χ1v) is 6.58. The Morgan fingerprint density at radius 2 is 2.22 bits per heavy atom. The molecule has 0 saturated carbocycles. The van der Waals surface area contributed by atoms with Gasteiger partial charge in [0.25, 0.3) is 5.69 Å². The second kappa shape index (κ2) is 7.34. The minimum atomic E-state index is -0.371. The van der Waals surface area contributed by atoms with Crippen LogP contribution < -0.4 is 5.32 Å². The van der Waals surface area contributed by atoms with Gasteiger partial charge < -0.3 is 5.32 Å². The molecule has 1 aromatic rings. The maximum absolute atomic E-state index is 10.9. The second-order valence-electron chi connectivity index (χ2n) is 4.45. The van der Waals surface area contributed by atoms with Crippen LogP contribution in [0.1, 0.15) is 38.7 Å². The van der Waals surface area contributed by atoms with E-state index < -0.39 is 0 Å². The number of nitrogens with one attached hydrogen (secondary N) is 1. The largest absolute Gasteiger partial charge is 0.310 e. The molecule has 5 heteroatoms. The molecular weight excluding hydrogens is 252 g/mol. The first-order valence-electron chi connectivity index (χ1n) is 6.20. The maximum atomic E-state index is 10.9. The summed E-state index contributed by atoms with van der Waals surface area (Å²) in [6.07, 6.45) is 3.39. The number of hydrogen-bond donors (Lipinski definition) is 1. The minimum absolute atomic E-state index is 0.120. The SMILES string of the molecule is CCCCC(C)NCc1cc(Cl)ccc1[N+](=O)[O-]. The van der Waals surface area contributed by atoms with Crippen molar-refractivity contribution in [1.29, 1.82) is 0 Å². The molecule has 0 saturated heterocycles. The lowest BCUT2D eigenvalue weighted by Gasteiger charge is -2.13. The summed E-state index contributed by atoms with van der Waals surface area (Å²) in [5.41, 5.74) is 0.755. The molecule has 0 aliphatic carbocycles. The highest BCUT2D eigenvalue weighted by Crippen LogP contribution is 2.22. The van der Waals surface area contributed by atoms with Crippen LogP contribution in [0.5, 0.6) is 0 Å². The van der Waals surface area contributed by atoms with E-state index in [1.807, 2.05) is 0 Å². The molecule has 1 atom stereocenters. The molecule has 0 spiro atoms. The fourth-order valence-electron chi connectivity index (χ4n) is 1.77. The minimum Gasteiger partial charge on any atom is -0.310 e. The van der Waals surface area contributed by atoms with Crippen molar-refractivity contribution in [3.63, 3.8) is 0 Å². The summed E-state index contributed by atoms with van der Waals surface area (Å²) in [5.74, 6) is 0. The first-order chi connectivity index (χ1) is 8.54. The van der Waals surface area contributed by atoms with Gasteiger partial charge in [-0.3, -0.25) is 10.1 Å². The average molecular weight is 271 g/mol. The maximum Gasteiger partial charge on any atom is 0.273 e. The molecule has 1 unspecified atom stereocenters. The van der Waals surface area contributed by atoms with Crippen molar-refractivity contribution in [2.24, 2.45) is 0 Å². The van der Waals surface area contributed by atoms with E-state index in [1.54, 1.807) is 12.1 Å². The number of nitro groups is 1. The van der Waals surface area contributed by atoms with Crippen LogP contribution in [0.4, 0.5) is 5.69 Å². The third kappa shape index (κ3) is 4.63. The second-order valence-corrected chi connectivity index (χ2v) is 4.89. The Balaban J connectivity index is 2.65. The normalized spacial score (nSPS) is 12.4. The van der Waals surface area contributed by atoms with Crippen molar-refractivity contribution < 1.29 is 4.92 Å². The van der Waals surface area contributed by atoms with Gasteiger partial charge in [-0.25, -0.2) is 0 Å². The molecule has 1 aromatic carbocycles. The predicted octanol–water partition coefficient (Wildman–Crippen LogP) is 3.92. The van der Waals surface area contributed by atoms with E-state index in [-0.39, 0.29) is 10.6 Å². The van der Waals surface area contributed by atoms with Crippen molar-refractivity contribution in [2.75, 3.05) is 0 Å². The standard InChI is InChI=1S/C13H19ClN2O2/c1-3-4-5-10(2)15-9-11-8-12(14)6-7-13(11)16(17)18/h6-8,10,15H,3-5,9H2,1-2H3. The Morgan fingerprint density at radius 1 is 1.50 bits per heavy atom. The van der Waals surface area contributed by atoms with Crippen LogP contribution in [0.25, 0.3) is 0 Å². The molecule has 1 N–H and O–H groups in total. The molecule has 1 rings (SSSR count).